The molecule has 0 aliphatic heterocycles. The van der Waals surface area contributed by atoms with Gasteiger partial charge in [0, 0.05) is 42.1 Å². The Hall–Kier alpha value is -3.30. The SMILES string of the molecule is COCCOC(=O)Nc1cccc(NC(=O)c2ccc(-n3ccnc3SC)cc2)c1. The molecule has 156 valence electrons. The van der Waals surface area contributed by atoms with Gasteiger partial charge in [-0.05, 0) is 48.7 Å². The Kier molecular flexibility index (Phi) is 7.47. The van der Waals surface area contributed by atoms with E-state index in [-0.39, 0.29) is 12.5 Å². The van der Waals surface area contributed by atoms with Gasteiger partial charge in [-0.3, -0.25) is 14.7 Å². The summed E-state index contributed by atoms with van der Waals surface area (Å²) >= 11 is 1.55. The van der Waals surface area contributed by atoms with Crippen LogP contribution < -0.4 is 10.6 Å². The number of anilines is 2. The highest BCUT2D eigenvalue weighted by Gasteiger charge is 2.09. The number of nitrogens with zero attached hydrogens (tertiary/aromatic N) is 2. The van der Waals surface area contributed by atoms with Gasteiger partial charge in [-0.15, -0.1) is 0 Å². The van der Waals surface area contributed by atoms with E-state index >= 15 is 0 Å². The maximum Gasteiger partial charge on any atom is 0.411 e. The van der Waals surface area contributed by atoms with Crippen LogP contribution in [0.3, 0.4) is 0 Å². The fourth-order valence-corrected chi connectivity index (χ4v) is 3.19. The van der Waals surface area contributed by atoms with E-state index in [0.29, 0.717) is 23.5 Å². The number of imidazole rings is 1. The third-order valence-electron chi connectivity index (χ3n) is 4.08. The van der Waals surface area contributed by atoms with Gasteiger partial charge in [0.15, 0.2) is 5.16 Å². The van der Waals surface area contributed by atoms with Crippen LogP contribution in [0.5, 0.6) is 0 Å². The van der Waals surface area contributed by atoms with Gasteiger partial charge in [0.1, 0.15) is 6.61 Å². The van der Waals surface area contributed by atoms with Crippen LogP contribution in [0.15, 0.2) is 66.1 Å². The summed E-state index contributed by atoms with van der Waals surface area (Å²) in [6.07, 6.45) is 4.99. The minimum atomic E-state index is -0.588. The molecule has 1 heterocycles. The molecule has 30 heavy (non-hydrogen) atoms. The molecule has 9 heteroatoms. The Labute approximate surface area is 178 Å². The normalized spacial score (nSPS) is 10.5. The molecule has 0 aliphatic rings. The van der Waals surface area contributed by atoms with Crippen molar-refractivity contribution in [2.45, 2.75) is 5.16 Å². The Morgan fingerprint density at radius 3 is 2.50 bits per heavy atom. The molecule has 0 fully saturated rings. The Balaban J connectivity index is 1.62. The van der Waals surface area contributed by atoms with Gasteiger partial charge < -0.3 is 14.8 Å². The first kappa shape index (κ1) is 21.4. The first-order valence-corrected chi connectivity index (χ1v) is 10.3. The lowest BCUT2D eigenvalue weighted by molar-refractivity contribution is 0.102. The molecule has 3 rings (SSSR count). The number of hydrogen-bond donors (Lipinski definition) is 2. The van der Waals surface area contributed by atoms with Gasteiger partial charge in [0.25, 0.3) is 5.91 Å². The van der Waals surface area contributed by atoms with E-state index in [4.69, 9.17) is 9.47 Å². The van der Waals surface area contributed by atoms with E-state index in [9.17, 15) is 9.59 Å². The minimum Gasteiger partial charge on any atom is -0.447 e. The van der Waals surface area contributed by atoms with Crippen LogP contribution in [-0.4, -0.2) is 48.1 Å². The number of aromatic nitrogens is 2. The third-order valence-corrected chi connectivity index (χ3v) is 4.75. The highest BCUT2D eigenvalue weighted by atomic mass is 32.2. The summed E-state index contributed by atoms with van der Waals surface area (Å²) < 4.78 is 11.7. The number of nitrogens with one attached hydrogen (secondary N) is 2. The highest BCUT2D eigenvalue weighted by Crippen LogP contribution is 2.20. The second-order valence-electron chi connectivity index (χ2n) is 6.12. The number of carbonyl (C=O) groups is 2. The largest absolute Gasteiger partial charge is 0.447 e. The predicted octanol–water partition coefficient (Wildman–Crippen LogP) is 4.04. The van der Waals surface area contributed by atoms with Gasteiger partial charge in [0.2, 0.25) is 0 Å². The van der Waals surface area contributed by atoms with Crippen molar-refractivity contribution >= 4 is 35.1 Å². The quantitative estimate of drug-likeness (QED) is 0.417. The van der Waals surface area contributed by atoms with Crippen LogP contribution in [0.1, 0.15) is 10.4 Å². The van der Waals surface area contributed by atoms with Crippen LogP contribution in [-0.2, 0) is 9.47 Å². The van der Waals surface area contributed by atoms with Crippen molar-refractivity contribution in [3.8, 4) is 5.69 Å². The lowest BCUT2D eigenvalue weighted by atomic mass is 10.2. The summed E-state index contributed by atoms with van der Waals surface area (Å²) in [4.78, 5) is 28.6. The van der Waals surface area contributed by atoms with Gasteiger partial charge in [-0.2, -0.15) is 0 Å². The summed E-state index contributed by atoms with van der Waals surface area (Å²) in [5.41, 5.74) is 2.50. The molecule has 1 aromatic heterocycles. The second-order valence-corrected chi connectivity index (χ2v) is 6.89. The number of ether oxygens (including phenoxy) is 2. The molecule has 8 nitrogen and oxygen atoms in total. The molecular weight excluding hydrogens is 404 g/mol. The summed E-state index contributed by atoms with van der Waals surface area (Å²) in [5.74, 6) is -0.253. The van der Waals surface area contributed by atoms with Crippen molar-refractivity contribution in [1.29, 1.82) is 0 Å². The zero-order valence-corrected chi connectivity index (χ0v) is 17.4. The number of carbonyl (C=O) groups excluding carboxylic acids is 2. The Morgan fingerprint density at radius 1 is 1.07 bits per heavy atom. The maximum absolute atomic E-state index is 12.6. The minimum absolute atomic E-state index is 0.159. The first-order chi connectivity index (χ1) is 14.6. The molecule has 2 N–H and O–H groups in total. The average Bonchev–Trinajstić information content (AvgIpc) is 3.23. The first-order valence-electron chi connectivity index (χ1n) is 9.12. The molecule has 0 atom stereocenters. The molecule has 0 saturated carbocycles. The molecule has 2 aromatic carbocycles. The molecule has 0 saturated heterocycles. The molecule has 0 spiro atoms. The number of hydrogen-bond acceptors (Lipinski definition) is 6. The number of amides is 2. The van der Waals surface area contributed by atoms with Crippen LogP contribution in [0.2, 0.25) is 0 Å². The van der Waals surface area contributed by atoms with E-state index in [2.05, 4.69) is 15.6 Å². The van der Waals surface area contributed by atoms with E-state index in [0.717, 1.165) is 10.8 Å². The fraction of sp³-hybridized carbons (Fsp3) is 0.190. The van der Waals surface area contributed by atoms with Crippen molar-refractivity contribution in [3.63, 3.8) is 0 Å². The van der Waals surface area contributed by atoms with E-state index < -0.39 is 6.09 Å². The topological polar surface area (TPSA) is 94.5 Å². The van der Waals surface area contributed by atoms with Crippen LogP contribution in [0.25, 0.3) is 5.69 Å². The predicted molar refractivity (Wildman–Crippen MR) is 117 cm³/mol. The van der Waals surface area contributed by atoms with Gasteiger partial charge in [-0.25, -0.2) is 9.78 Å². The molecule has 0 unspecified atom stereocenters. The summed E-state index contributed by atoms with van der Waals surface area (Å²) in [6.45, 7) is 0.480. The summed E-state index contributed by atoms with van der Waals surface area (Å²) in [7, 11) is 1.53. The average molecular weight is 426 g/mol. The summed E-state index contributed by atoms with van der Waals surface area (Å²) in [6, 6.07) is 14.1. The smallest absolute Gasteiger partial charge is 0.411 e. The van der Waals surface area contributed by atoms with Crippen molar-refractivity contribution in [2.75, 3.05) is 37.2 Å². The number of thioether (sulfide) groups is 1. The van der Waals surface area contributed by atoms with Crippen LogP contribution in [0.4, 0.5) is 16.2 Å². The van der Waals surface area contributed by atoms with Crippen molar-refractivity contribution in [3.05, 3.63) is 66.5 Å². The van der Waals surface area contributed by atoms with Gasteiger partial charge >= 0.3 is 6.09 Å². The fourth-order valence-electron chi connectivity index (χ4n) is 2.66. The molecule has 0 bridgehead atoms. The van der Waals surface area contributed by atoms with E-state index in [1.54, 1.807) is 54.4 Å². The second kappa shape index (κ2) is 10.5. The zero-order chi connectivity index (χ0) is 21.3. The lowest BCUT2D eigenvalue weighted by Crippen LogP contribution is -2.17. The molecule has 0 radical (unpaired) electrons. The number of rotatable bonds is 8. The van der Waals surface area contributed by atoms with Crippen molar-refractivity contribution in [1.82, 2.24) is 9.55 Å². The molecule has 3 aromatic rings. The number of methoxy groups -OCH3 is 1. The number of benzene rings is 2. The maximum atomic E-state index is 12.6. The molecular formula is C21H22N4O4S. The van der Waals surface area contributed by atoms with E-state index in [1.165, 1.54) is 7.11 Å². The van der Waals surface area contributed by atoms with Crippen LogP contribution >= 0.6 is 11.8 Å². The Morgan fingerprint density at radius 2 is 1.80 bits per heavy atom. The van der Waals surface area contributed by atoms with Gasteiger partial charge in [0.05, 0.1) is 6.61 Å². The van der Waals surface area contributed by atoms with Crippen molar-refractivity contribution in [2.24, 2.45) is 0 Å². The lowest BCUT2D eigenvalue weighted by Gasteiger charge is -2.10. The molecule has 0 aliphatic carbocycles. The standard InChI is InChI=1S/C21H22N4O4S/c1-28-12-13-29-21(27)24-17-5-3-4-16(14-17)23-19(26)15-6-8-18(9-7-15)25-11-10-22-20(25)30-2/h3-11,14H,12-13H2,1-2H3,(H,23,26)(H,24,27). The third kappa shape index (κ3) is 5.62. The Bertz CT molecular complexity index is 1000. The van der Waals surface area contributed by atoms with Crippen LogP contribution in [0, 0.1) is 0 Å². The zero-order valence-electron chi connectivity index (χ0n) is 16.6. The van der Waals surface area contributed by atoms with Crippen molar-refractivity contribution < 1.29 is 19.1 Å². The van der Waals surface area contributed by atoms with E-state index in [1.807, 2.05) is 29.2 Å². The van der Waals surface area contributed by atoms with Gasteiger partial charge in [-0.1, -0.05) is 17.8 Å². The highest BCUT2D eigenvalue weighted by molar-refractivity contribution is 7.98. The summed E-state index contributed by atoms with van der Waals surface area (Å²) in [5, 5.41) is 6.31. The monoisotopic (exact) mass is 426 g/mol. The molecule has 2 amide bonds.